The molecule has 1 saturated carbocycles. The summed E-state index contributed by atoms with van der Waals surface area (Å²) in [6.45, 7) is 0. The molecular formula is C11H14ClNO3S2. The van der Waals surface area contributed by atoms with Crippen LogP contribution < -0.4 is 5.32 Å². The average Bonchev–Trinajstić information content (AvgIpc) is 2.87. The van der Waals surface area contributed by atoms with Crippen molar-refractivity contribution in [2.24, 2.45) is 0 Å². The smallest absolute Gasteiger partial charge is 0.270 e. The number of halogens is 1. The lowest BCUT2D eigenvalue weighted by atomic mass is 10.2. The fraction of sp³-hybridized carbons (Fsp3) is 0.545. The second kappa shape index (κ2) is 5.59. The van der Waals surface area contributed by atoms with Gasteiger partial charge in [0.25, 0.3) is 9.05 Å². The fourth-order valence-corrected chi connectivity index (χ4v) is 4.21. The highest BCUT2D eigenvalue weighted by atomic mass is 35.7. The highest BCUT2D eigenvalue weighted by Gasteiger charge is 2.18. The second-order valence-corrected chi connectivity index (χ2v) is 8.35. The largest absolute Gasteiger partial charge is 0.353 e. The molecule has 0 aromatic carbocycles. The van der Waals surface area contributed by atoms with Crippen LogP contribution in [0.5, 0.6) is 0 Å². The first-order valence-corrected chi connectivity index (χ1v) is 8.90. The molecular weight excluding hydrogens is 294 g/mol. The van der Waals surface area contributed by atoms with Crippen molar-refractivity contribution in [3.05, 3.63) is 17.0 Å². The Kier molecular flexibility index (Phi) is 4.29. The van der Waals surface area contributed by atoms with Crippen LogP contribution in [0.2, 0.25) is 0 Å². The minimum absolute atomic E-state index is 0.0535. The molecule has 0 unspecified atom stereocenters. The molecule has 0 spiro atoms. The van der Waals surface area contributed by atoms with Gasteiger partial charge in [0.05, 0.1) is 6.42 Å². The van der Waals surface area contributed by atoms with Crippen molar-refractivity contribution in [2.75, 3.05) is 0 Å². The Morgan fingerprint density at radius 2 is 2.06 bits per heavy atom. The van der Waals surface area contributed by atoms with E-state index in [9.17, 15) is 13.2 Å². The van der Waals surface area contributed by atoms with Crippen molar-refractivity contribution >= 4 is 37.0 Å². The quantitative estimate of drug-likeness (QED) is 0.868. The molecule has 1 fully saturated rings. The Balaban J connectivity index is 1.92. The number of amides is 1. The fourth-order valence-electron chi connectivity index (χ4n) is 2.09. The Morgan fingerprint density at radius 3 is 2.61 bits per heavy atom. The maximum atomic E-state index is 11.7. The van der Waals surface area contributed by atoms with Crippen molar-refractivity contribution in [2.45, 2.75) is 42.4 Å². The van der Waals surface area contributed by atoms with Crippen LogP contribution in [0.4, 0.5) is 0 Å². The molecule has 0 atom stereocenters. The van der Waals surface area contributed by atoms with Gasteiger partial charge >= 0.3 is 0 Å². The van der Waals surface area contributed by atoms with Gasteiger partial charge in [0.2, 0.25) is 5.91 Å². The van der Waals surface area contributed by atoms with Crippen LogP contribution in [0.3, 0.4) is 0 Å². The van der Waals surface area contributed by atoms with E-state index in [-0.39, 0.29) is 22.6 Å². The molecule has 0 bridgehead atoms. The van der Waals surface area contributed by atoms with E-state index in [2.05, 4.69) is 5.32 Å². The Labute approximate surface area is 115 Å². The van der Waals surface area contributed by atoms with E-state index in [0.717, 1.165) is 24.2 Å². The molecule has 1 aromatic rings. The Bertz CT molecular complexity index is 532. The molecule has 1 aliphatic carbocycles. The van der Waals surface area contributed by atoms with Crippen molar-refractivity contribution < 1.29 is 13.2 Å². The maximum absolute atomic E-state index is 11.7. The van der Waals surface area contributed by atoms with Crippen molar-refractivity contribution in [1.82, 2.24) is 5.32 Å². The van der Waals surface area contributed by atoms with Gasteiger partial charge in [-0.3, -0.25) is 4.79 Å². The summed E-state index contributed by atoms with van der Waals surface area (Å²) in [5.74, 6) is -0.0535. The molecule has 1 heterocycles. The molecule has 0 radical (unpaired) electrons. The van der Waals surface area contributed by atoms with E-state index in [1.807, 2.05) is 0 Å². The molecule has 0 saturated heterocycles. The summed E-state index contributed by atoms with van der Waals surface area (Å²) in [5, 5.41) is 2.96. The van der Waals surface area contributed by atoms with Crippen molar-refractivity contribution in [3.63, 3.8) is 0 Å². The molecule has 100 valence electrons. The summed E-state index contributed by atoms with van der Waals surface area (Å²) in [4.78, 5) is 12.5. The summed E-state index contributed by atoms with van der Waals surface area (Å²) in [7, 11) is 1.55. The SMILES string of the molecule is O=C(Cc1ccc(S(=O)(=O)Cl)s1)NC1CCCC1. The molecule has 1 aliphatic rings. The molecule has 2 rings (SSSR count). The van der Waals surface area contributed by atoms with Crippen LogP contribution in [-0.2, 0) is 20.3 Å². The molecule has 18 heavy (non-hydrogen) atoms. The van der Waals surface area contributed by atoms with Crippen LogP contribution in [0.25, 0.3) is 0 Å². The summed E-state index contributed by atoms with van der Waals surface area (Å²) in [5.41, 5.74) is 0. The van der Waals surface area contributed by atoms with Gasteiger partial charge in [-0.1, -0.05) is 12.8 Å². The first-order valence-electron chi connectivity index (χ1n) is 5.78. The first kappa shape index (κ1) is 13.8. The number of nitrogens with one attached hydrogen (secondary N) is 1. The summed E-state index contributed by atoms with van der Waals surface area (Å²) < 4.78 is 22.3. The normalized spacial score (nSPS) is 16.9. The predicted octanol–water partition coefficient (Wildman–Crippen LogP) is 2.28. The third-order valence-electron chi connectivity index (χ3n) is 2.93. The van der Waals surface area contributed by atoms with E-state index in [4.69, 9.17) is 10.7 Å². The molecule has 1 N–H and O–H groups in total. The summed E-state index contributed by atoms with van der Waals surface area (Å²) in [6, 6.07) is 3.35. The van der Waals surface area contributed by atoms with E-state index in [0.29, 0.717) is 4.88 Å². The Morgan fingerprint density at radius 1 is 1.39 bits per heavy atom. The minimum atomic E-state index is -3.68. The monoisotopic (exact) mass is 307 g/mol. The van der Waals surface area contributed by atoms with Crippen LogP contribution in [0.1, 0.15) is 30.6 Å². The van der Waals surface area contributed by atoms with Gasteiger partial charge in [-0.2, -0.15) is 0 Å². The third kappa shape index (κ3) is 3.70. The summed E-state index contributed by atoms with van der Waals surface area (Å²) >= 11 is 1.05. The topological polar surface area (TPSA) is 63.2 Å². The molecule has 1 aromatic heterocycles. The minimum Gasteiger partial charge on any atom is -0.353 e. The first-order chi connectivity index (χ1) is 8.45. The lowest BCUT2D eigenvalue weighted by Crippen LogP contribution is -2.33. The van der Waals surface area contributed by atoms with Crippen LogP contribution in [0, 0.1) is 0 Å². The van der Waals surface area contributed by atoms with Crippen molar-refractivity contribution in [3.8, 4) is 0 Å². The van der Waals surface area contributed by atoms with E-state index in [1.165, 1.54) is 18.9 Å². The number of rotatable bonds is 4. The molecule has 7 heteroatoms. The van der Waals surface area contributed by atoms with Crippen LogP contribution in [0.15, 0.2) is 16.3 Å². The van der Waals surface area contributed by atoms with E-state index >= 15 is 0 Å². The second-order valence-electron chi connectivity index (χ2n) is 4.38. The molecule has 1 amide bonds. The number of carbonyl (C=O) groups excluding carboxylic acids is 1. The highest BCUT2D eigenvalue weighted by molar-refractivity contribution is 8.15. The van der Waals surface area contributed by atoms with E-state index in [1.54, 1.807) is 6.07 Å². The molecule has 0 aliphatic heterocycles. The number of hydrogen-bond acceptors (Lipinski definition) is 4. The zero-order valence-corrected chi connectivity index (χ0v) is 12.1. The number of thiophene rings is 1. The van der Waals surface area contributed by atoms with Gasteiger partial charge in [-0.15, -0.1) is 11.3 Å². The summed E-state index contributed by atoms with van der Waals surface area (Å²) in [6.07, 6.45) is 4.62. The maximum Gasteiger partial charge on any atom is 0.270 e. The van der Waals surface area contributed by atoms with Gasteiger partial charge in [0.15, 0.2) is 0 Å². The van der Waals surface area contributed by atoms with Gasteiger partial charge in [-0.25, -0.2) is 8.42 Å². The predicted molar refractivity (Wildman–Crippen MR) is 71.5 cm³/mol. The third-order valence-corrected chi connectivity index (χ3v) is 6.11. The average molecular weight is 308 g/mol. The van der Waals surface area contributed by atoms with Gasteiger partial charge in [0, 0.05) is 21.6 Å². The lowest BCUT2D eigenvalue weighted by molar-refractivity contribution is -0.121. The number of carbonyl (C=O) groups is 1. The highest BCUT2D eigenvalue weighted by Crippen LogP contribution is 2.25. The Hall–Kier alpha value is -0.590. The molecule has 4 nitrogen and oxygen atoms in total. The van der Waals surface area contributed by atoms with Gasteiger partial charge < -0.3 is 5.32 Å². The van der Waals surface area contributed by atoms with Crippen LogP contribution in [-0.4, -0.2) is 20.4 Å². The standard InChI is InChI=1S/C11H14ClNO3S2/c12-18(15,16)11-6-5-9(17-11)7-10(14)13-8-3-1-2-4-8/h5-6,8H,1-4,7H2,(H,13,14). The van der Waals surface area contributed by atoms with E-state index < -0.39 is 9.05 Å². The van der Waals surface area contributed by atoms with Crippen LogP contribution >= 0.6 is 22.0 Å². The van der Waals surface area contributed by atoms with Gasteiger partial charge in [-0.05, 0) is 25.0 Å². The van der Waals surface area contributed by atoms with Crippen molar-refractivity contribution in [1.29, 1.82) is 0 Å². The number of hydrogen-bond donors (Lipinski definition) is 1. The zero-order chi connectivity index (χ0) is 13.2. The van der Waals surface area contributed by atoms with Gasteiger partial charge in [0.1, 0.15) is 4.21 Å². The zero-order valence-electron chi connectivity index (χ0n) is 9.69. The lowest BCUT2D eigenvalue weighted by Gasteiger charge is -2.10.